The van der Waals surface area contributed by atoms with E-state index in [4.69, 9.17) is 17.3 Å². The van der Waals surface area contributed by atoms with Crippen molar-refractivity contribution in [2.45, 2.75) is 0 Å². The molecule has 0 aliphatic rings. The van der Waals surface area contributed by atoms with Gasteiger partial charge in [-0.2, -0.15) is 0 Å². The maximum atomic E-state index is 5.85. The third kappa shape index (κ3) is 1.45. The molecule has 0 atom stereocenters. The highest BCUT2D eigenvalue weighted by Gasteiger charge is 2.09. The summed E-state index contributed by atoms with van der Waals surface area (Å²) in [5.74, 6) is 0.320. The number of nitrogens with zero attached hydrogens (tertiary/aromatic N) is 3. The first-order chi connectivity index (χ1) is 7.74. The van der Waals surface area contributed by atoms with Crippen LogP contribution in [0.5, 0.6) is 0 Å². The van der Waals surface area contributed by atoms with Gasteiger partial charge in [0, 0.05) is 0 Å². The SMILES string of the molecule is Nc1nn(-c2nc3ccccc3s2)cc1Cl. The van der Waals surface area contributed by atoms with E-state index in [-0.39, 0.29) is 0 Å². The second-order valence-electron chi connectivity index (χ2n) is 3.27. The number of fused-ring (bicyclic) bond motifs is 1. The number of halogens is 1. The van der Waals surface area contributed by atoms with Crippen LogP contribution in [0.1, 0.15) is 0 Å². The van der Waals surface area contributed by atoms with Crippen LogP contribution < -0.4 is 5.73 Å². The topological polar surface area (TPSA) is 56.7 Å². The van der Waals surface area contributed by atoms with E-state index in [1.165, 1.54) is 0 Å². The molecule has 80 valence electrons. The van der Waals surface area contributed by atoms with Crippen molar-refractivity contribution in [3.63, 3.8) is 0 Å². The fourth-order valence-corrected chi connectivity index (χ4v) is 2.45. The van der Waals surface area contributed by atoms with Crippen LogP contribution in [0, 0.1) is 0 Å². The Hall–Kier alpha value is -1.59. The summed E-state index contributed by atoms with van der Waals surface area (Å²) in [5.41, 5.74) is 6.54. The minimum atomic E-state index is 0.320. The normalized spacial score (nSPS) is 11.1. The Balaban J connectivity index is 2.18. The highest BCUT2D eigenvalue weighted by molar-refractivity contribution is 7.20. The number of nitrogens with two attached hydrogens (primary N) is 1. The van der Waals surface area contributed by atoms with E-state index in [2.05, 4.69) is 10.1 Å². The van der Waals surface area contributed by atoms with Crippen molar-refractivity contribution in [1.82, 2.24) is 14.8 Å². The van der Waals surface area contributed by atoms with Gasteiger partial charge in [0.25, 0.3) is 0 Å². The molecule has 2 heterocycles. The van der Waals surface area contributed by atoms with Gasteiger partial charge in [-0.1, -0.05) is 35.1 Å². The third-order valence-electron chi connectivity index (χ3n) is 2.17. The van der Waals surface area contributed by atoms with Crippen LogP contribution >= 0.6 is 22.9 Å². The summed E-state index contributed by atoms with van der Waals surface area (Å²) in [7, 11) is 0. The molecule has 2 N–H and O–H groups in total. The molecule has 0 fully saturated rings. The van der Waals surface area contributed by atoms with Crippen molar-refractivity contribution in [1.29, 1.82) is 0 Å². The van der Waals surface area contributed by atoms with Crippen molar-refractivity contribution in [2.24, 2.45) is 0 Å². The van der Waals surface area contributed by atoms with Crippen LogP contribution in [-0.2, 0) is 0 Å². The number of thiazole rings is 1. The molecular formula is C10H7ClN4S. The average molecular weight is 251 g/mol. The van der Waals surface area contributed by atoms with E-state index < -0.39 is 0 Å². The zero-order chi connectivity index (χ0) is 11.1. The molecule has 4 nitrogen and oxygen atoms in total. The van der Waals surface area contributed by atoms with Gasteiger partial charge in [0.1, 0.15) is 5.02 Å². The van der Waals surface area contributed by atoms with Crippen molar-refractivity contribution in [3.05, 3.63) is 35.5 Å². The van der Waals surface area contributed by atoms with Gasteiger partial charge < -0.3 is 5.73 Å². The van der Waals surface area contributed by atoms with Crippen LogP contribution in [0.3, 0.4) is 0 Å². The van der Waals surface area contributed by atoms with Crippen LogP contribution in [0.25, 0.3) is 15.3 Å². The smallest absolute Gasteiger partial charge is 0.211 e. The van der Waals surface area contributed by atoms with Gasteiger partial charge in [-0.25, -0.2) is 9.67 Å². The first-order valence-electron chi connectivity index (χ1n) is 4.60. The number of nitrogen functional groups attached to an aromatic ring is 1. The Morgan fingerprint density at radius 3 is 2.81 bits per heavy atom. The Morgan fingerprint density at radius 1 is 1.31 bits per heavy atom. The molecule has 0 unspecified atom stereocenters. The highest BCUT2D eigenvalue weighted by Crippen LogP contribution is 2.26. The Kier molecular flexibility index (Phi) is 2.08. The minimum Gasteiger partial charge on any atom is -0.381 e. The lowest BCUT2D eigenvalue weighted by molar-refractivity contribution is 0.878. The lowest BCUT2D eigenvalue weighted by atomic mass is 10.3. The second kappa shape index (κ2) is 3.47. The molecule has 3 aromatic rings. The van der Waals surface area contributed by atoms with Gasteiger partial charge >= 0.3 is 0 Å². The number of para-hydroxylation sites is 1. The molecule has 0 saturated heterocycles. The largest absolute Gasteiger partial charge is 0.381 e. The minimum absolute atomic E-state index is 0.320. The monoisotopic (exact) mass is 250 g/mol. The summed E-state index contributed by atoms with van der Waals surface area (Å²) in [6, 6.07) is 7.92. The molecule has 2 aromatic heterocycles. The Morgan fingerprint density at radius 2 is 2.12 bits per heavy atom. The quantitative estimate of drug-likeness (QED) is 0.723. The predicted molar refractivity (Wildman–Crippen MR) is 66.2 cm³/mol. The molecule has 3 rings (SSSR count). The van der Waals surface area contributed by atoms with Gasteiger partial charge in [0.2, 0.25) is 5.13 Å². The first-order valence-corrected chi connectivity index (χ1v) is 5.80. The fourth-order valence-electron chi connectivity index (χ4n) is 1.42. The summed E-state index contributed by atoms with van der Waals surface area (Å²) >= 11 is 7.39. The van der Waals surface area contributed by atoms with Crippen molar-refractivity contribution >= 4 is 39.0 Å². The van der Waals surface area contributed by atoms with Crippen LogP contribution in [0.2, 0.25) is 5.02 Å². The summed E-state index contributed by atoms with van der Waals surface area (Å²) in [4.78, 5) is 4.44. The maximum absolute atomic E-state index is 5.85. The number of hydrogen-bond acceptors (Lipinski definition) is 4. The summed E-state index contributed by atoms with van der Waals surface area (Å²) in [5, 5.41) is 5.29. The average Bonchev–Trinajstić information content (AvgIpc) is 2.83. The second-order valence-corrected chi connectivity index (χ2v) is 4.69. The van der Waals surface area contributed by atoms with E-state index in [1.807, 2.05) is 24.3 Å². The third-order valence-corrected chi connectivity index (χ3v) is 3.49. The van der Waals surface area contributed by atoms with Gasteiger partial charge in [-0.3, -0.25) is 0 Å². The molecule has 16 heavy (non-hydrogen) atoms. The molecule has 0 aliphatic carbocycles. The lowest BCUT2D eigenvalue weighted by Gasteiger charge is -1.90. The number of aromatic nitrogens is 3. The molecule has 0 aliphatic heterocycles. The van der Waals surface area contributed by atoms with Crippen LogP contribution in [0.4, 0.5) is 5.82 Å². The van der Waals surface area contributed by atoms with Crippen molar-refractivity contribution in [2.75, 3.05) is 5.73 Å². The van der Waals surface area contributed by atoms with Crippen molar-refractivity contribution in [3.8, 4) is 5.13 Å². The molecule has 0 amide bonds. The number of hydrogen-bond donors (Lipinski definition) is 1. The fraction of sp³-hybridized carbons (Fsp3) is 0. The van der Waals surface area contributed by atoms with Crippen molar-refractivity contribution < 1.29 is 0 Å². The van der Waals surface area contributed by atoms with Gasteiger partial charge in [0.05, 0.1) is 16.4 Å². The number of rotatable bonds is 1. The number of benzene rings is 1. The molecule has 0 saturated carbocycles. The van der Waals surface area contributed by atoms with E-state index in [0.717, 1.165) is 15.3 Å². The lowest BCUT2D eigenvalue weighted by Crippen LogP contribution is -1.94. The van der Waals surface area contributed by atoms with Crippen LogP contribution in [0.15, 0.2) is 30.5 Å². The summed E-state index contributed by atoms with van der Waals surface area (Å²) < 4.78 is 2.71. The van der Waals surface area contributed by atoms with E-state index in [0.29, 0.717) is 10.8 Å². The Labute approximate surface area is 100 Å². The van der Waals surface area contributed by atoms with E-state index >= 15 is 0 Å². The van der Waals surface area contributed by atoms with E-state index in [9.17, 15) is 0 Å². The van der Waals surface area contributed by atoms with Crippen LogP contribution in [-0.4, -0.2) is 14.8 Å². The molecule has 6 heteroatoms. The van der Waals surface area contributed by atoms with Gasteiger partial charge in [0.15, 0.2) is 5.82 Å². The molecule has 0 radical (unpaired) electrons. The molecular weight excluding hydrogens is 244 g/mol. The predicted octanol–water partition coefficient (Wildman–Crippen LogP) is 2.72. The highest BCUT2D eigenvalue weighted by atomic mass is 35.5. The van der Waals surface area contributed by atoms with Gasteiger partial charge in [-0.05, 0) is 12.1 Å². The zero-order valence-electron chi connectivity index (χ0n) is 8.09. The molecule has 0 bridgehead atoms. The summed E-state index contributed by atoms with van der Waals surface area (Å²) in [6.07, 6.45) is 1.66. The van der Waals surface area contributed by atoms with E-state index in [1.54, 1.807) is 22.2 Å². The zero-order valence-corrected chi connectivity index (χ0v) is 9.66. The maximum Gasteiger partial charge on any atom is 0.211 e. The first kappa shape index (κ1) is 9.62. The Bertz CT molecular complexity index is 605. The molecule has 0 spiro atoms. The molecule has 1 aromatic carbocycles. The summed E-state index contributed by atoms with van der Waals surface area (Å²) in [6.45, 7) is 0. The van der Waals surface area contributed by atoms with Gasteiger partial charge in [-0.15, -0.1) is 5.10 Å². The number of anilines is 1. The standard InChI is InChI=1S/C10H7ClN4S/c11-6-5-15(14-9(6)12)10-13-7-3-1-2-4-8(7)16-10/h1-5H,(H2,12,14).